The van der Waals surface area contributed by atoms with Crippen LogP contribution in [0.15, 0.2) is 23.3 Å². The predicted molar refractivity (Wildman–Crippen MR) is 57.7 cm³/mol. The van der Waals surface area contributed by atoms with E-state index in [1.165, 1.54) is 6.07 Å². The van der Waals surface area contributed by atoms with Crippen molar-refractivity contribution in [2.45, 2.75) is 6.18 Å². The van der Waals surface area contributed by atoms with Gasteiger partial charge in [0.05, 0.1) is 12.1 Å². The largest absolute Gasteiger partial charge is 0.416 e. The van der Waals surface area contributed by atoms with Gasteiger partial charge in [-0.2, -0.15) is 13.2 Å². The molecule has 7 heteroatoms. The summed E-state index contributed by atoms with van der Waals surface area (Å²) in [6.45, 7) is -0.150. The summed E-state index contributed by atoms with van der Waals surface area (Å²) in [5.41, 5.74) is 6.98. The fourth-order valence-electron chi connectivity index (χ4n) is 1.16. The number of hydrogen-bond acceptors (Lipinski definition) is 2. The first-order chi connectivity index (χ1) is 8.47. The summed E-state index contributed by atoms with van der Waals surface area (Å²) in [7, 11) is 0. The molecule has 4 nitrogen and oxygen atoms in total. The Hall–Kier alpha value is -2.45. The van der Waals surface area contributed by atoms with E-state index < -0.39 is 11.7 Å². The van der Waals surface area contributed by atoms with Crippen molar-refractivity contribution in [3.63, 3.8) is 0 Å². The number of carbonyl (C=O) groups is 1. The molecule has 0 fully saturated rings. The minimum Gasteiger partial charge on any atom is -0.298 e. The Balaban J connectivity index is 3.15. The molecule has 0 unspecified atom stereocenters. The van der Waals surface area contributed by atoms with E-state index >= 15 is 0 Å². The van der Waals surface area contributed by atoms with Crippen LogP contribution in [0.25, 0.3) is 10.4 Å². The smallest absolute Gasteiger partial charge is 0.298 e. The summed E-state index contributed by atoms with van der Waals surface area (Å²) in [6, 6.07) is 2.80. The van der Waals surface area contributed by atoms with E-state index in [1.54, 1.807) is 0 Å². The lowest BCUT2D eigenvalue weighted by Crippen LogP contribution is -2.06. The van der Waals surface area contributed by atoms with E-state index in [4.69, 9.17) is 5.53 Å². The highest BCUT2D eigenvalue weighted by atomic mass is 19.4. The number of carbonyl (C=O) groups excluding carboxylic acids is 1. The molecule has 0 saturated carbocycles. The Morgan fingerprint density at radius 1 is 1.39 bits per heavy atom. The zero-order valence-corrected chi connectivity index (χ0v) is 8.90. The maximum Gasteiger partial charge on any atom is 0.416 e. The van der Waals surface area contributed by atoms with Crippen molar-refractivity contribution in [1.29, 1.82) is 0 Å². The van der Waals surface area contributed by atoms with Gasteiger partial charge in [-0.15, -0.1) is 0 Å². The Morgan fingerprint density at radius 2 is 2.11 bits per heavy atom. The summed E-state index contributed by atoms with van der Waals surface area (Å²) in [5, 5.41) is 3.12. The molecule has 0 aliphatic carbocycles. The molecule has 0 bridgehead atoms. The van der Waals surface area contributed by atoms with Gasteiger partial charge in [0.25, 0.3) is 0 Å². The van der Waals surface area contributed by atoms with Crippen LogP contribution in [0, 0.1) is 11.8 Å². The van der Waals surface area contributed by atoms with Gasteiger partial charge in [-0.3, -0.25) is 4.79 Å². The first kappa shape index (κ1) is 13.6. The fraction of sp³-hybridized carbons (Fsp3) is 0.182. The zero-order valence-electron chi connectivity index (χ0n) is 8.90. The Bertz CT molecular complexity index is 563. The standard InChI is InChI=1S/C11H6F3N3O/c12-11(13,14)10-5-8(2-1-3-16-17-15)4-9(6-10)7-18/h4-7H,3H2. The third-order valence-corrected chi connectivity index (χ3v) is 1.86. The number of alkyl halides is 3. The van der Waals surface area contributed by atoms with Crippen molar-refractivity contribution >= 4 is 6.29 Å². The lowest BCUT2D eigenvalue weighted by Gasteiger charge is -2.07. The van der Waals surface area contributed by atoms with Gasteiger partial charge in [0.15, 0.2) is 0 Å². The van der Waals surface area contributed by atoms with Crippen molar-refractivity contribution in [1.82, 2.24) is 0 Å². The summed E-state index contributed by atoms with van der Waals surface area (Å²) in [5.74, 6) is 4.77. The number of rotatable bonds is 2. The van der Waals surface area contributed by atoms with Crippen LogP contribution in [0.3, 0.4) is 0 Å². The Morgan fingerprint density at radius 3 is 2.67 bits per heavy atom. The van der Waals surface area contributed by atoms with Crippen LogP contribution in [0.1, 0.15) is 21.5 Å². The average Bonchev–Trinajstić information content (AvgIpc) is 2.33. The van der Waals surface area contributed by atoms with Crippen LogP contribution in [0.5, 0.6) is 0 Å². The molecular formula is C11H6F3N3O. The molecule has 0 saturated heterocycles. The molecule has 18 heavy (non-hydrogen) atoms. The molecule has 92 valence electrons. The lowest BCUT2D eigenvalue weighted by atomic mass is 10.1. The Labute approximate surface area is 100 Å². The Kier molecular flexibility index (Phi) is 4.35. The highest BCUT2D eigenvalue weighted by Crippen LogP contribution is 2.30. The number of aldehydes is 1. The molecule has 0 heterocycles. The van der Waals surface area contributed by atoms with Crippen molar-refractivity contribution < 1.29 is 18.0 Å². The molecule has 0 aliphatic heterocycles. The highest BCUT2D eigenvalue weighted by Gasteiger charge is 2.31. The van der Waals surface area contributed by atoms with E-state index in [0.717, 1.165) is 12.1 Å². The first-order valence-electron chi connectivity index (χ1n) is 4.64. The second-order valence-corrected chi connectivity index (χ2v) is 3.15. The van der Waals surface area contributed by atoms with E-state index in [2.05, 4.69) is 21.9 Å². The summed E-state index contributed by atoms with van der Waals surface area (Å²) >= 11 is 0. The quantitative estimate of drug-likeness (QED) is 0.262. The number of azide groups is 1. The van der Waals surface area contributed by atoms with Gasteiger partial charge in [0.1, 0.15) is 6.29 Å². The highest BCUT2D eigenvalue weighted by molar-refractivity contribution is 5.76. The van der Waals surface area contributed by atoms with Gasteiger partial charge in [-0.05, 0) is 23.7 Å². The molecule has 0 aliphatic rings. The lowest BCUT2D eigenvalue weighted by molar-refractivity contribution is -0.137. The van der Waals surface area contributed by atoms with Crippen LogP contribution in [0.4, 0.5) is 13.2 Å². The average molecular weight is 253 g/mol. The summed E-state index contributed by atoms with van der Waals surface area (Å²) in [4.78, 5) is 13.0. The van der Waals surface area contributed by atoms with E-state index in [0.29, 0.717) is 6.29 Å². The molecule has 0 atom stereocenters. The van der Waals surface area contributed by atoms with Gasteiger partial charge >= 0.3 is 6.18 Å². The van der Waals surface area contributed by atoms with E-state index in [9.17, 15) is 18.0 Å². The van der Waals surface area contributed by atoms with Crippen molar-refractivity contribution in [3.05, 3.63) is 45.3 Å². The van der Waals surface area contributed by atoms with Crippen LogP contribution in [-0.2, 0) is 6.18 Å². The maximum atomic E-state index is 12.5. The molecular weight excluding hydrogens is 247 g/mol. The topological polar surface area (TPSA) is 65.8 Å². The zero-order chi connectivity index (χ0) is 13.6. The second-order valence-electron chi connectivity index (χ2n) is 3.15. The molecule has 1 aromatic carbocycles. The first-order valence-corrected chi connectivity index (χ1v) is 4.64. The van der Waals surface area contributed by atoms with Crippen LogP contribution in [-0.4, -0.2) is 12.8 Å². The summed E-state index contributed by atoms with van der Waals surface area (Å²) in [6.07, 6.45) is -4.23. The normalized spacial score (nSPS) is 9.94. The minimum atomic E-state index is -4.54. The van der Waals surface area contributed by atoms with Crippen molar-refractivity contribution in [2.24, 2.45) is 5.11 Å². The van der Waals surface area contributed by atoms with Crippen molar-refractivity contribution in [2.75, 3.05) is 6.54 Å². The molecule has 1 rings (SSSR count). The third kappa shape index (κ3) is 3.85. The number of halogens is 3. The van der Waals surface area contributed by atoms with E-state index in [1.807, 2.05) is 0 Å². The molecule has 0 spiro atoms. The molecule has 0 aromatic heterocycles. The third-order valence-electron chi connectivity index (χ3n) is 1.86. The number of benzene rings is 1. The van der Waals surface area contributed by atoms with Gasteiger partial charge in [0.2, 0.25) is 0 Å². The molecule has 0 radical (unpaired) electrons. The monoisotopic (exact) mass is 253 g/mol. The molecule has 0 amide bonds. The number of hydrogen-bond donors (Lipinski definition) is 0. The van der Waals surface area contributed by atoms with Crippen LogP contribution < -0.4 is 0 Å². The van der Waals surface area contributed by atoms with Gasteiger partial charge in [-0.25, -0.2) is 0 Å². The molecule has 0 N–H and O–H groups in total. The van der Waals surface area contributed by atoms with E-state index in [-0.39, 0.29) is 17.7 Å². The van der Waals surface area contributed by atoms with Crippen LogP contribution >= 0.6 is 0 Å². The van der Waals surface area contributed by atoms with Crippen LogP contribution in [0.2, 0.25) is 0 Å². The fourth-order valence-corrected chi connectivity index (χ4v) is 1.16. The van der Waals surface area contributed by atoms with Crippen molar-refractivity contribution in [3.8, 4) is 11.8 Å². The van der Waals surface area contributed by atoms with Gasteiger partial charge in [-0.1, -0.05) is 17.0 Å². The van der Waals surface area contributed by atoms with Gasteiger partial charge < -0.3 is 0 Å². The minimum absolute atomic E-state index is 0.0417. The summed E-state index contributed by atoms with van der Waals surface area (Å²) < 4.78 is 37.5. The number of nitrogens with zero attached hydrogens (tertiary/aromatic N) is 3. The SMILES string of the molecule is [N-]=[N+]=NCC#Cc1cc(C=O)cc(C(F)(F)F)c1. The second kappa shape index (κ2) is 5.75. The molecule has 1 aromatic rings. The van der Waals surface area contributed by atoms with Gasteiger partial charge in [0, 0.05) is 16.0 Å². The maximum absolute atomic E-state index is 12.5. The predicted octanol–water partition coefficient (Wildman–Crippen LogP) is 3.18.